The summed E-state index contributed by atoms with van der Waals surface area (Å²) in [7, 11) is 2.65. The fourth-order valence-corrected chi connectivity index (χ4v) is 4.36. The predicted octanol–water partition coefficient (Wildman–Crippen LogP) is 2.26. The number of esters is 2. The molecular formula is C15H19NO5S2. The molecule has 1 amide bonds. The molecule has 6 nitrogen and oxygen atoms in total. The number of carbonyl (C=O) groups is 3. The lowest BCUT2D eigenvalue weighted by atomic mass is 9.95. The number of hydrogen-bond donors (Lipinski definition) is 1. The molecular weight excluding hydrogens is 338 g/mol. The number of carbonyl (C=O) groups excluding carboxylic acids is 3. The van der Waals surface area contributed by atoms with Gasteiger partial charge in [-0.3, -0.25) is 9.59 Å². The van der Waals surface area contributed by atoms with Gasteiger partial charge in [-0.1, -0.05) is 0 Å². The fraction of sp³-hybridized carbons (Fsp3) is 0.533. The van der Waals surface area contributed by atoms with Crippen LogP contribution in [-0.4, -0.2) is 43.6 Å². The summed E-state index contributed by atoms with van der Waals surface area (Å²) in [5.41, 5.74) is 1.49. The van der Waals surface area contributed by atoms with E-state index in [2.05, 4.69) is 10.1 Å². The van der Waals surface area contributed by atoms with E-state index in [1.54, 1.807) is 0 Å². The Labute approximate surface area is 142 Å². The molecule has 1 aliphatic carbocycles. The van der Waals surface area contributed by atoms with Crippen molar-refractivity contribution in [2.24, 2.45) is 0 Å². The minimum atomic E-state index is -0.415. The monoisotopic (exact) mass is 357 g/mol. The number of thiophene rings is 1. The van der Waals surface area contributed by atoms with Gasteiger partial charge in [0.2, 0.25) is 5.91 Å². The molecule has 0 saturated heterocycles. The summed E-state index contributed by atoms with van der Waals surface area (Å²) in [6.45, 7) is 0. The van der Waals surface area contributed by atoms with Crippen LogP contribution in [0.25, 0.3) is 0 Å². The van der Waals surface area contributed by atoms with Crippen molar-refractivity contribution in [3.8, 4) is 0 Å². The van der Waals surface area contributed by atoms with Gasteiger partial charge in [0.25, 0.3) is 0 Å². The van der Waals surface area contributed by atoms with Crippen LogP contribution < -0.4 is 5.32 Å². The van der Waals surface area contributed by atoms with Gasteiger partial charge < -0.3 is 14.8 Å². The van der Waals surface area contributed by atoms with E-state index in [4.69, 9.17) is 4.74 Å². The maximum Gasteiger partial charge on any atom is 0.341 e. The number of thioether (sulfide) groups is 1. The molecule has 0 aromatic carbocycles. The first-order chi connectivity index (χ1) is 11.1. The van der Waals surface area contributed by atoms with Gasteiger partial charge in [-0.15, -0.1) is 23.1 Å². The van der Waals surface area contributed by atoms with Crippen LogP contribution >= 0.6 is 23.1 Å². The molecule has 0 atom stereocenters. The molecule has 0 fully saturated rings. The van der Waals surface area contributed by atoms with Crippen molar-refractivity contribution in [3.05, 3.63) is 16.0 Å². The van der Waals surface area contributed by atoms with Gasteiger partial charge >= 0.3 is 11.9 Å². The van der Waals surface area contributed by atoms with Gasteiger partial charge in [0.1, 0.15) is 5.00 Å². The van der Waals surface area contributed by atoms with Gasteiger partial charge in [-0.05, 0) is 31.2 Å². The van der Waals surface area contributed by atoms with E-state index < -0.39 is 5.97 Å². The summed E-state index contributed by atoms with van der Waals surface area (Å²) >= 11 is 2.61. The molecule has 1 aromatic heterocycles. The topological polar surface area (TPSA) is 81.7 Å². The highest BCUT2D eigenvalue weighted by Crippen LogP contribution is 2.38. The molecule has 0 radical (unpaired) electrons. The van der Waals surface area contributed by atoms with E-state index in [-0.39, 0.29) is 23.4 Å². The highest BCUT2D eigenvalue weighted by Gasteiger charge is 2.26. The van der Waals surface area contributed by atoms with Gasteiger partial charge in [0, 0.05) is 4.88 Å². The van der Waals surface area contributed by atoms with Gasteiger partial charge in [-0.2, -0.15) is 0 Å². The van der Waals surface area contributed by atoms with Crippen LogP contribution in [0.1, 0.15) is 33.6 Å². The SMILES string of the molecule is COC(=O)CSCC(=O)Nc1sc2c(c1C(=O)OC)CCCC2. The molecule has 1 aliphatic rings. The van der Waals surface area contributed by atoms with Crippen LogP contribution in [0, 0.1) is 0 Å². The summed E-state index contributed by atoms with van der Waals surface area (Å²) in [6, 6.07) is 0. The first-order valence-electron chi connectivity index (χ1n) is 7.24. The third-order valence-corrected chi connectivity index (χ3v) is 5.61. The molecule has 1 aromatic rings. The minimum absolute atomic E-state index is 0.120. The average Bonchev–Trinajstić information content (AvgIpc) is 2.91. The van der Waals surface area contributed by atoms with Crippen LogP contribution in [0.2, 0.25) is 0 Å². The van der Waals surface area contributed by atoms with E-state index in [1.807, 2.05) is 0 Å². The number of hydrogen-bond acceptors (Lipinski definition) is 7. The summed E-state index contributed by atoms with van der Waals surface area (Å²) in [4.78, 5) is 36.3. The number of rotatable bonds is 6. The Bertz CT molecular complexity index is 611. The average molecular weight is 357 g/mol. The Kier molecular flexibility index (Phi) is 6.47. The second-order valence-electron chi connectivity index (χ2n) is 5.02. The molecule has 0 spiro atoms. The smallest absolute Gasteiger partial charge is 0.341 e. The summed E-state index contributed by atoms with van der Waals surface area (Å²) in [5.74, 6) is -0.790. The molecule has 0 unspecified atom stereocenters. The maximum atomic E-state index is 12.1. The molecule has 8 heteroatoms. The molecule has 2 rings (SSSR count). The van der Waals surface area contributed by atoms with Gasteiger partial charge in [0.05, 0.1) is 31.3 Å². The fourth-order valence-electron chi connectivity index (χ4n) is 2.42. The third kappa shape index (κ3) is 4.48. The second kappa shape index (κ2) is 8.35. The number of amides is 1. The largest absolute Gasteiger partial charge is 0.468 e. The van der Waals surface area contributed by atoms with Crippen molar-refractivity contribution in [1.82, 2.24) is 0 Å². The number of fused-ring (bicyclic) bond motifs is 1. The Morgan fingerprint density at radius 3 is 2.57 bits per heavy atom. The third-order valence-electron chi connectivity index (χ3n) is 3.49. The zero-order chi connectivity index (χ0) is 16.8. The Morgan fingerprint density at radius 2 is 1.87 bits per heavy atom. The lowest BCUT2D eigenvalue weighted by Crippen LogP contribution is -2.17. The highest BCUT2D eigenvalue weighted by atomic mass is 32.2. The summed E-state index contributed by atoms with van der Waals surface area (Å²) < 4.78 is 9.38. The predicted molar refractivity (Wildman–Crippen MR) is 90.3 cm³/mol. The highest BCUT2D eigenvalue weighted by molar-refractivity contribution is 8.00. The first-order valence-corrected chi connectivity index (χ1v) is 9.21. The van der Waals surface area contributed by atoms with Crippen LogP contribution in [-0.2, 0) is 31.9 Å². The molecule has 0 bridgehead atoms. The van der Waals surface area contributed by atoms with Crippen LogP contribution in [0.15, 0.2) is 0 Å². The van der Waals surface area contributed by atoms with E-state index >= 15 is 0 Å². The van der Waals surface area contributed by atoms with Crippen molar-refractivity contribution in [2.75, 3.05) is 31.0 Å². The lowest BCUT2D eigenvalue weighted by molar-refractivity contribution is -0.137. The number of anilines is 1. The molecule has 126 valence electrons. The van der Waals surface area contributed by atoms with Crippen molar-refractivity contribution < 1.29 is 23.9 Å². The minimum Gasteiger partial charge on any atom is -0.468 e. The second-order valence-corrected chi connectivity index (χ2v) is 7.11. The number of ether oxygens (including phenoxy) is 2. The molecule has 1 heterocycles. The van der Waals surface area contributed by atoms with Crippen LogP contribution in [0.4, 0.5) is 5.00 Å². The Morgan fingerprint density at radius 1 is 1.13 bits per heavy atom. The molecule has 0 saturated carbocycles. The van der Waals surface area contributed by atoms with Crippen molar-refractivity contribution in [1.29, 1.82) is 0 Å². The van der Waals surface area contributed by atoms with Crippen LogP contribution in [0.3, 0.4) is 0 Å². The van der Waals surface area contributed by atoms with Crippen LogP contribution in [0.5, 0.6) is 0 Å². The molecule has 0 aliphatic heterocycles. The number of nitrogens with one attached hydrogen (secondary N) is 1. The number of methoxy groups -OCH3 is 2. The van der Waals surface area contributed by atoms with Crippen molar-refractivity contribution in [3.63, 3.8) is 0 Å². The van der Waals surface area contributed by atoms with E-state index in [1.165, 1.54) is 37.3 Å². The quantitative estimate of drug-likeness (QED) is 0.787. The van der Waals surface area contributed by atoms with E-state index in [0.717, 1.165) is 36.1 Å². The first kappa shape index (κ1) is 17.8. The van der Waals surface area contributed by atoms with E-state index in [9.17, 15) is 14.4 Å². The molecule has 23 heavy (non-hydrogen) atoms. The normalized spacial score (nSPS) is 13.1. The van der Waals surface area contributed by atoms with Gasteiger partial charge in [-0.25, -0.2) is 4.79 Å². The van der Waals surface area contributed by atoms with Crippen molar-refractivity contribution >= 4 is 45.9 Å². The summed E-state index contributed by atoms with van der Waals surface area (Å²) in [6.07, 6.45) is 3.90. The van der Waals surface area contributed by atoms with E-state index in [0.29, 0.717) is 10.6 Å². The number of aryl methyl sites for hydroxylation is 1. The standard InChI is InChI=1S/C15H19NO5S2/c1-20-12(18)8-22-7-11(17)16-14-13(15(19)21-2)9-5-3-4-6-10(9)23-14/h3-8H2,1-2H3,(H,16,17). The Balaban J connectivity index is 2.07. The zero-order valence-corrected chi connectivity index (χ0v) is 14.7. The Hall–Kier alpha value is -1.54. The molecule has 1 N–H and O–H groups in total. The van der Waals surface area contributed by atoms with Gasteiger partial charge in [0.15, 0.2) is 0 Å². The lowest BCUT2D eigenvalue weighted by Gasteiger charge is -2.11. The summed E-state index contributed by atoms with van der Waals surface area (Å²) in [5, 5.41) is 3.33. The van der Waals surface area contributed by atoms with Crippen molar-refractivity contribution in [2.45, 2.75) is 25.7 Å². The zero-order valence-electron chi connectivity index (χ0n) is 13.1. The maximum absolute atomic E-state index is 12.1.